The molecule has 144 valence electrons. The highest BCUT2D eigenvalue weighted by atomic mass is 32.2. The molecule has 0 heterocycles. The quantitative estimate of drug-likeness (QED) is 0.440. The van der Waals surface area contributed by atoms with Crippen molar-refractivity contribution in [1.29, 1.82) is 0 Å². The van der Waals surface area contributed by atoms with Crippen LogP contribution in [0.2, 0.25) is 0 Å². The van der Waals surface area contributed by atoms with E-state index in [1.165, 1.54) is 0 Å². The van der Waals surface area contributed by atoms with E-state index in [9.17, 15) is 18.4 Å². The Balaban J connectivity index is 1.96. The number of carbonyl (C=O) groups is 1. The van der Waals surface area contributed by atoms with Gasteiger partial charge >= 0.3 is 0 Å². The normalized spacial score (nSPS) is 12.2. The second-order valence-corrected chi connectivity index (χ2v) is 8.15. The van der Waals surface area contributed by atoms with Gasteiger partial charge in [-0.15, -0.1) is 0 Å². The molecule has 3 rings (SSSR count). The van der Waals surface area contributed by atoms with Crippen LogP contribution in [0.25, 0.3) is 11.1 Å². The van der Waals surface area contributed by atoms with Crippen molar-refractivity contribution in [1.82, 2.24) is 5.48 Å². The summed E-state index contributed by atoms with van der Waals surface area (Å²) < 4.78 is 25.1. The van der Waals surface area contributed by atoms with Crippen molar-refractivity contribution < 1.29 is 18.4 Å². The largest absolute Gasteiger partial charge is 0.289 e. The van der Waals surface area contributed by atoms with E-state index in [1.807, 2.05) is 54.6 Å². The van der Waals surface area contributed by atoms with Gasteiger partial charge in [-0.3, -0.25) is 14.7 Å². The Bertz CT molecular complexity index is 1070. The van der Waals surface area contributed by atoms with Gasteiger partial charge in [0.2, 0.25) is 10.0 Å². The Morgan fingerprint density at radius 1 is 0.857 bits per heavy atom. The van der Waals surface area contributed by atoms with Gasteiger partial charge in [0.05, 0.1) is 12.2 Å². The van der Waals surface area contributed by atoms with Gasteiger partial charge in [0.25, 0.3) is 5.91 Å². The van der Waals surface area contributed by atoms with Crippen LogP contribution in [0.1, 0.15) is 17.0 Å². The first kappa shape index (κ1) is 19.6. The highest BCUT2D eigenvalue weighted by molar-refractivity contribution is 7.92. The van der Waals surface area contributed by atoms with Crippen molar-refractivity contribution >= 4 is 21.6 Å². The first-order chi connectivity index (χ1) is 13.4. The minimum Gasteiger partial charge on any atom is -0.289 e. The predicted molar refractivity (Wildman–Crippen MR) is 109 cm³/mol. The summed E-state index contributed by atoms with van der Waals surface area (Å²) in [6, 6.07) is 23.6. The third kappa shape index (κ3) is 4.76. The van der Waals surface area contributed by atoms with E-state index in [0.717, 1.165) is 28.5 Å². The van der Waals surface area contributed by atoms with Crippen LogP contribution in [0.4, 0.5) is 5.69 Å². The molecule has 0 aliphatic heterocycles. The van der Waals surface area contributed by atoms with E-state index >= 15 is 0 Å². The van der Waals surface area contributed by atoms with Crippen molar-refractivity contribution in [3.63, 3.8) is 0 Å². The molecule has 0 fully saturated rings. The monoisotopic (exact) mass is 396 g/mol. The molecule has 0 saturated carbocycles. The molecule has 0 spiro atoms. The molecule has 6 nitrogen and oxygen atoms in total. The number of anilines is 1. The van der Waals surface area contributed by atoms with Gasteiger partial charge in [0.15, 0.2) is 0 Å². The summed E-state index contributed by atoms with van der Waals surface area (Å²) in [5, 5.41) is 9.18. The van der Waals surface area contributed by atoms with Crippen molar-refractivity contribution in [3.05, 3.63) is 90.0 Å². The first-order valence-electron chi connectivity index (χ1n) is 8.54. The van der Waals surface area contributed by atoms with E-state index in [0.29, 0.717) is 5.69 Å². The first-order valence-corrected chi connectivity index (χ1v) is 10.4. The standard InChI is InChI=1S/C21H20N2O4S/c1-28(26,27)23-19-12-10-15(11-13-19)17-8-5-9-18(14-17)20(21(24)22-25)16-6-3-2-4-7-16/h2-14,20,23,25H,1H3,(H,22,24). The lowest BCUT2D eigenvalue weighted by Gasteiger charge is -2.17. The lowest BCUT2D eigenvalue weighted by Crippen LogP contribution is -2.27. The third-order valence-electron chi connectivity index (χ3n) is 4.25. The van der Waals surface area contributed by atoms with Crippen molar-refractivity contribution in [3.8, 4) is 11.1 Å². The Kier molecular flexibility index (Phi) is 5.77. The van der Waals surface area contributed by atoms with Crippen LogP contribution in [-0.4, -0.2) is 25.8 Å². The topological polar surface area (TPSA) is 95.5 Å². The molecule has 1 atom stereocenters. The van der Waals surface area contributed by atoms with Crippen molar-refractivity contribution in [2.75, 3.05) is 11.0 Å². The molecule has 0 aliphatic carbocycles. The number of hydroxylamine groups is 1. The van der Waals surface area contributed by atoms with E-state index < -0.39 is 21.8 Å². The highest BCUT2D eigenvalue weighted by Crippen LogP contribution is 2.29. The summed E-state index contributed by atoms with van der Waals surface area (Å²) in [7, 11) is -3.33. The zero-order valence-electron chi connectivity index (χ0n) is 15.2. The number of hydrogen-bond acceptors (Lipinski definition) is 4. The predicted octanol–water partition coefficient (Wildman–Crippen LogP) is 3.36. The van der Waals surface area contributed by atoms with Crippen molar-refractivity contribution in [2.45, 2.75) is 5.92 Å². The van der Waals surface area contributed by atoms with Crippen LogP contribution in [0.5, 0.6) is 0 Å². The smallest absolute Gasteiger partial charge is 0.255 e. The number of benzene rings is 3. The third-order valence-corrected chi connectivity index (χ3v) is 4.85. The fourth-order valence-electron chi connectivity index (χ4n) is 3.05. The van der Waals surface area contributed by atoms with Crippen LogP contribution in [-0.2, 0) is 14.8 Å². The average Bonchev–Trinajstić information content (AvgIpc) is 2.68. The molecule has 0 radical (unpaired) electrons. The maximum absolute atomic E-state index is 12.3. The van der Waals surface area contributed by atoms with Crippen LogP contribution in [0, 0.1) is 0 Å². The second-order valence-electron chi connectivity index (χ2n) is 6.40. The Hall–Kier alpha value is -3.16. The molecule has 28 heavy (non-hydrogen) atoms. The molecule has 3 aromatic carbocycles. The molecule has 3 N–H and O–H groups in total. The Labute approximate surface area is 163 Å². The molecule has 0 aromatic heterocycles. The van der Waals surface area contributed by atoms with Gasteiger partial charge in [0, 0.05) is 5.69 Å². The number of sulfonamides is 1. The van der Waals surface area contributed by atoms with E-state index in [2.05, 4.69) is 4.72 Å². The van der Waals surface area contributed by atoms with Crippen LogP contribution < -0.4 is 10.2 Å². The highest BCUT2D eigenvalue weighted by Gasteiger charge is 2.22. The molecule has 1 unspecified atom stereocenters. The molecule has 1 amide bonds. The van der Waals surface area contributed by atoms with Crippen molar-refractivity contribution in [2.24, 2.45) is 0 Å². The van der Waals surface area contributed by atoms with Gasteiger partial charge in [-0.1, -0.05) is 66.7 Å². The Morgan fingerprint density at radius 3 is 2.11 bits per heavy atom. The fraction of sp³-hybridized carbons (Fsp3) is 0.0952. The number of nitrogens with one attached hydrogen (secondary N) is 2. The summed E-state index contributed by atoms with van der Waals surface area (Å²) in [4.78, 5) is 12.3. The van der Waals surface area contributed by atoms with Gasteiger partial charge in [-0.25, -0.2) is 13.9 Å². The number of rotatable bonds is 6. The second kappa shape index (κ2) is 8.24. The average molecular weight is 396 g/mol. The molecular formula is C21H20N2O4S. The van der Waals surface area contributed by atoms with Gasteiger partial charge in [-0.05, 0) is 34.4 Å². The maximum Gasteiger partial charge on any atom is 0.255 e. The number of carbonyl (C=O) groups excluding carboxylic acids is 1. The summed E-state index contributed by atoms with van der Waals surface area (Å²) in [5.41, 5.74) is 5.46. The zero-order chi connectivity index (χ0) is 20.1. The van der Waals surface area contributed by atoms with Crippen LogP contribution >= 0.6 is 0 Å². The summed E-state index contributed by atoms with van der Waals surface area (Å²) >= 11 is 0. The molecule has 0 aliphatic rings. The molecule has 0 saturated heterocycles. The van der Waals surface area contributed by atoms with E-state index in [-0.39, 0.29) is 0 Å². The summed E-state index contributed by atoms with van der Waals surface area (Å²) in [6.07, 6.45) is 1.10. The lowest BCUT2D eigenvalue weighted by molar-refractivity contribution is -0.129. The number of amides is 1. The SMILES string of the molecule is CS(=O)(=O)Nc1ccc(-c2cccc(C(C(=O)NO)c3ccccc3)c2)cc1. The van der Waals surface area contributed by atoms with E-state index in [1.54, 1.807) is 29.7 Å². The molecular weight excluding hydrogens is 376 g/mol. The molecule has 3 aromatic rings. The van der Waals surface area contributed by atoms with Gasteiger partial charge in [0.1, 0.15) is 0 Å². The van der Waals surface area contributed by atoms with Crippen LogP contribution in [0.3, 0.4) is 0 Å². The number of hydrogen-bond donors (Lipinski definition) is 3. The fourth-order valence-corrected chi connectivity index (χ4v) is 3.61. The van der Waals surface area contributed by atoms with Gasteiger partial charge in [-0.2, -0.15) is 0 Å². The zero-order valence-corrected chi connectivity index (χ0v) is 16.0. The van der Waals surface area contributed by atoms with Gasteiger partial charge < -0.3 is 0 Å². The summed E-state index contributed by atoms with van der Waals surface area (Å²) in [6.45, 7) is 0. The van der Waals surface area contributed by atoms with E-state index in [4.69, 9.17) is 0 Å². The minimum atomic E-state index is -3.33. The molecule has 7 heteroatoms. The minimum absolute atomic E-state index is 0.476. The lowest BCUT2D eigenvalue weighted by atomic mass is 9.89. The van der Waals surface area contributed by atoms with Crippen LogP contribution in [0.15, 0.2) is 78.9 Å². The maximum atomic E-state index is 12.3. The summed E-state index contributed by atoms with van der Waals surface area (Å²) in [5.74, 6) is -1.17. The molecule has 0 bridgehead atoms. The Morgan fingerprint density at radius 2 is 1.50 bits per heavy atom.